The minimum atomic E-state index is 0.288. The van der Waals surface area contributed by atoms with Gasteiger partial charge in [0.15, 0.2) is 0 Å². The van der Waals surface area contributed by atoms with Gasteiger partial charge in [0.2, 0.25) is 0 Å². The van der Waals surface area contributed by atoms with Crippen LogP contribution in [0.3, 0.4) is 0 Å². The van der Waals surface area contributed by atoms with Crippen molar-refractivity contribution in [3.05, 3.63) is 0 Å². The van der Waals surface area contributed by atoms with E-state index in [-0.39, 0.29) is 5.60 Å². The first-order chi connectivity index (χ1) is 8.35. The average molecular weight is 235 g/mol. The lowest BCUT2D eigenvalue weighted by Gasteiger charge is -2.23. The number of unbranched alkanes of at least 4 members (excludes halogenated alkanes) is 2. The number of ether oxygens (including phenoxy) is 1. The molecule has 1 atom stereocenters. The normalized spacial score (nSPS) is 26.4. The second kappa shape index (κ2) is 6.42. The Balaban J connectivity index is 1.54. The Bertz CT molecular complexity index is 263. The predicted octanol–water partition coefficient (Wildman–Crippen LogP) is 2.87. The van der Waals surface area contributed by atoms with Crippen LogP contribution in [0, 0.1) is 12.3 Å². The molecule has 1 aliphatic heterocycles. The van der Waals surface area contributed by atoms with Gasteiger partial charge in [-0.3, -0.25) is 0 Å². The maximum absolute atomic E-state index is 6.24. The summed E-state index contributed by atoms with van der Waals surface area (Å²) in [5.41, 5.74) is 0.288. The van der Waals surface area contributed by atoms with Crippen LogP contribution in [0.1, 0.15) is 57.8 Å². The van der Waals surface area contributed by atoms with Crippen LogP contribution in [0.2, 0.25) is 0 Å². The fourth-order valence-electron chi connectivity index (χ4n) is 3.17. The molecule has 1 N–H and O–H groups in total. The van der Waals surface area contributed by atoms with Gasteiger partial charge in [-0.15, -0.1) is 12.3 Å². The Kier molecular flexibility index (Phi) is 4.88. The molecule has 2 fully saturated rings. The lowest BCUT2D eigenvalue weighted by atomic mass is 9.98. The molecule has 1 saturated heterocycles. The van der Waals surface area contributed by atoms with Crippen LogP contribution in [0.5, 0.6) is 0 Å². The lowest BCUT2D eigenvalue weighted by molar-refractivity contribution is -0.0350. The maximum Gasteiger partial charge on any atom is 0.0708 e. The highest BCUT2D eigenvalue weighted by molar-refractivity contribution is 4.93. The van der Waals surface area contributed by atoms with Crippen LogP contribution in [-0.2, 0) is 4.74 Å². The Labute approximate surface area is 105 Å². The second-order valence-electron chi connectivity index (χ2n) is 5.53. The molecule has 0 aromatic heterocycles. The van der Waals surface area contributed by atoms with Crippen molar-refractivity contribution in [2.45, 2.75) is 69.5 Å². The topological polar surface area (TPSA) is 21.3 Å². The standard InChI is InChI=1S/C15H25NO/c1-2-3-4-7-12-16-13-14-8-11-15(17-14)9-5-6-10-15/h1,14,16H,3-13H2. The summed E-state index contributed by atoms with van der Waals surface area (Å²) in [5, 5.41) is 3.50. The van der Waals surface area contributed by atoms with E-state index >= 15 is 0 Å². The molecule has 17 heavy (non-hydrogen) atoms. The minimum absolute atomic E-state index is 0.288. The molecule has 1 unspecified atom stereocenters. The van der Waals surface area contributed by atoms with E-state index < -0.39 is 0 Å². The molecular weight excluding hydrogens is 210 g/mol. The maximum atomic E-state index is 6.24. The van der Waals surface area contributed by atoms with E-state index in [0.717, 1.165) is 25.9 Å². The zero-order valence-electron chi connectivity index (χ0n) is 10.8. The zero-order valence-corrected chi connectivity index (χ0v) is 10.8. The van der Waals surface area contributed by atoms with Crippen molar-refractivity contribution >= 4 is 0 Å². The Hall–Kier alpha value is -0.520. The number of hydrogen-bond donors (Lipinski definition) is 1. The first-order valence-electron chi connectivity index (χ1n) is 7.17. The van der Waals surface area contributed by atoms with E-state index in [0.29, 0.717) is 6.10 Å². The summed E-state index contributed by atoms with van der Waals surface area (Å²) in [6, 6.07) is 0. The van der Waals surface area contributed by atoms with Crippen LogP contribution in [0.25, 0.3) is 0 Å². The van der Waals surface area contributed by atoms with Gasteiger partial charge in [-0.05, 0) is 45.1 Å². The highest BCUT2D eigenvalue weighted by Gasteiger charge is 2.41. The van der Waals surface area contributed by atoms with E-state index in [1.807, 2.05) is 0 Å². The molecule has 2 rings (SSSR count). The smallest absolute Gasteiger partial charge is 0.0708 e. The van der Waals surface area contributed by atoms with Crippen molar-refractivity contribution in [2.75, 3.05) is 13.1 Å². The van der Waals surface area contributed by atoms with Gasteiger partial charge in [-0.1, -0.05) is 12.8 Å². The summed E-state index contributed by atoms with van der Waals surface area (Å²) in [7, 11) is 0. The molecule has 96 valence electrons. The summed E-state index contributed by atoms with van der Waals surface area (Å²) in [4.78, 5) is 0. The third-order valence-electron chi connectivity index (χ3n) is 4.15. The summed E-state index contributed by atoms with van der Waals surface area (Å²) < 4.78 is 6.24. The monoisotopic (exact) mass is 235 g/mol. The Morgan fingerprint density at radius 3 is 2.82 bits per heavy atom. The van der Waals surface area contributed by atoms with Crippen LogP contribution in [0.4, 0.5) is 0 Å². The van der Waals surface area contributed by atoms with E-state index in [1.54, 1.807) is 0 Å². The van der Waals surface area contributed by atoms with Gasteiger partial charge < -0.3 is 10.1 Å². The van der Waals surface area contributed by atoms with Crippen LogP contribution >= 0.6 is 0 Å². The Morgan fingerprint density at radius 1 is 1.24 bits per heavy atom. The summed E-state index contributed by atoms with van der Waals surface area (Å²) in [6.45, 7) is 2.10. The van der Waals surface area contributed by atoms with E-state index in [4.69, 9.17) is 11.2 Å². The Morgan fingerprint density at radius 2 is 2.06 bits per heavy atom. The fourth-order valence-corrected chi connectivity index (χ4v) is 3.17. The third kappa shape index (κ3) is 3.72. The van der Waals surface area contributed by atoms with Gasteiger partial charge >= 0.3 is 0 Å². The molecule has 1 aliphatic carbocycles. The van der Waals surface area contributed by atoms with Crippen molar-refractivity contribution in [1.29, 1.82) is 0 Å². The minimum Gasteiger partial charge on any atom is -0.370 e. The van der Waals surface area contributed by atoms with Crippen molar-refractivity contribution in [3.63, 3.8) is 0 Å². The summed E-state index contributed by atoms with van der Waals surface area (Å²) >= 11 is 0. The van der Waals surface area contributed by atoms with Crippen LogP contribution in [-0.4, -0.2) is 24.8 Å². The van der Waals surface area contributed by atoms with Crippen LogP contribution < -0.4 is 5.32 Å². The lowest BCUT2D eigenvalue weighted by Crippen LogP contribution is -2.31. The number of nitrogens with one attached hydrogen (secondary N) is 1. The van der Waals surface area contributed by atoms with Gasteiger partial charge in [0, 0.05) is 13.0 Å². The van der Waals surface area contributed by atoms with Crippen molar-refractivity contribution in [1.82, 2.24) is 5.32 Å². The van der Waals surface area contributed by atoms with Gasteiger partial charge in [-0.2, -0.15) is 0 Å². The van der Waals surface area contributed by atoms with Crippen LogP contribution in [0.15, 0.2) is 0 Å². The third-order valence-corrected chi connectivity index (χ3v) is 4.15. The quantitative estimate of drug-likeness (QED) is 0.564. The fraction of sp³-hybridized carbons (Fsp3) is 0.867. The number of terminal acetylenes is 1. The average Bonchev–Trinajstić information content (AvgIpc) is 2.95. The number of rotatable bonds is 6. The molecule has 1 saturated carbocycles. The van der Waals surface area contributed by atoms with Crippen molar-refractivity contribution < 1.29 is 4.74 Å². The molecule has 1 heterocycles. The number of hydrogen-bond acceptors (Lipinski definition) is 2. The largest absolute Gasteiger partial charge is 0.370 e. The highest BCUT2D eigenvalue weighted by atomic mass is 16.5. The van der Waals surface area contributed by atoms with E-state index in [1.165, 1.54) is 44.9 Å². The molecule has 0 radical (unpaired) electrons. The molecule has 1 spiro atoms. The van der Waals surface area contributed by atoms with Gasteiger partial charge in [0.05, 0.1) is 11.7 Å². The second-order valence-corrected chi connectivity index (χ2v) is 5.53. The molecule has 2 heteroatoms. The van der Waals surface area contributed by atoms with E-state index in [2.05, 4.69) is 11.2 Å². The molecule has 0 bridgehead atoms. The van der Waals surface area contributed by atoms with E-state index in [9.17, 15) is 0 Å². The first kappa shape index (κ1) is 12.9. The molecule has 2 nitrogen and oxygen atoms in total. The molecule has 0 aromatic carbocycles. The zero-order chi connectivity index (χ0) is 12.0. The first-order valence-corrected chi connectivity index (χ1v) is 7.17. The van der Waals surface area contributed by atoms with Gasteiger partial charge in [0.25, 0.3) is 0 Å². The summed E-state index contributed by atoms with van der Waals surface area (Å²) in [5.74, 6) is 2.68. The molecule has 0 aromatic rings. The predicted molar refractivity (Wildman–Crippen MR) is 70.9 cm³/mol. The van der Waals surface area contributed by atoms with Crippen molar-refractivity contribution in [2.24, 2.45) is 0 Å². The SMILES string of the molecule is C#CCCCCNCC1CCC2(CCCC2)O1. The molecule has 2 aliphatic rings. The molecular formula is C15H25NO. The molecule has 0 amide bonds. The van der Waals surface area contributed by atoms with Crippen molar-refractivity contribution in [3.8, 4) is 12.3 Å². The van der Waals surface area contributed by atoms with Gasteiger partial charge in [-0.25, -0.2) is 0 Å². The highest BCUT2D eigenvalue weighted by Crippen LogP contribution is 2.43. The summed E-state index contributed by atoms with van der Waals surface area (Å²) in [6.07, 6.45) is 16.8. The van der Waals surface area contributed by atoms with Gasteiger partial charge in [0.1, 0.15) is 0 Å².